The second-order valence-electron chi connectivity index (χ2n) is 4.88. The highest BCUT2D eigenvalue weighted by atomic mass is 16.6. The van der Waals surface area contributed by atoms with Crippen LogP contribution in [0.5, 0.6) is 0 Å². The molecule has 0 rings (SSSR count). The Labute approximate surface area is 137 Å². The SMILES string of the molecule is C=CC(=O)OC(C)C(C)(C)OC(=O)C=C.C=CC(=O)OCCC. The number of hydrogen-bond acceptors (Lipinski definition) is 6. The third-order valence-electron chi connectivity index (χ3n) is 2.58. The van der Waals surface area contributed by atoms with Crippen molar-refractivity contribution in [1.82, 2.24) is 0 Å². The Hall–Kier alpha value is -2.37. The number of carbonyl (C=O) groups is 3. The van der Waals surface area contributed by atoms with Crippen molar-refractivity contribution in [3.63, 3.8) is 0 Å². The molecule has 1 unspecified atom stereocenters. The lowest BCUT2D eigenvalue weighted by Crippen LogP contribution is -2.41. The highest BCUT2D eigenvalue weighted by molar-refractivity contribution is 5.82. The number of hydrogen-bond donors (Lipinski definition) is 0. The molecule has 0 aliphatic heterocycles. The summed E-state index contributed by atoms with van der Waals surface area (Å²) in [4.78, 5) is 32.1. The van der Waals surface area contributed by atoms with Gasteiger partial charge in [-0.2, -0.15) is 0 Å². The Bertz CT molecular complexity index is 436. The van der Waals surface area contributed by atoms with Gasteiger partial charge in [0.25, 0.3) is 0 Å². The Kier molecular flexibility index (Phi) is 12.2. The molecular weight excluding hydrogens is 300 g/mol. The van der Waals surface area contributed by atoms with Crippen molar-refractivity contribution >= 4 is 17.9 Å². The van der Waals surface area contributed by atoms with Crippen molar-refractivity contribution in [2.45, 2.75) is 45.8 Å². The smallest absolute Gasteiger partial charge is 0.330 e. The molecule has 0 bridgehead atoms. The molecule has 0 aliphatic carbocycles. The van der Waals surface area contributed by atoms with Gasteiger partial charge in [-0.05, 0) is 27.2 Å². The zero-order valence-corrected chi connectivity index (χ0v) is 14.3. The molecule has 6 heteroatoms. The monoisotopic (exact) mass is 326 g/mol. The maximum absolute atomic E-state index is 11.0. The topological polar surface area (TPSA) is 78.9 Å². The van der Waals surface area contributed by atoms with Gasteiger partial charge in [-0.3, -0.25) is 0 Å². The molecule has 130 valence electrons. The largest absolute Gasteiger partial charge is 0.463 e. The maximum Gasteiger partial charge on any atom is 0.330 e. The summed E-state index contributed by atoms with van der Waals surface area (Å²) in [5.74, 6) is -1.45. The number of esters is 3. The first kappa shape index (κ1) is 22.9. The summed E-state index contributed by atoms with van der Waals surface area (Å²) in [6.07, 6.45) is 3.58. The average Bonchev–Trinajstić information content (AvgIpc) is 2.52. The van der Waals surface area contributed by atoms with Gasteiger partial charge in [-0.25, -0.2) is 14.4 Å². The van der Waals surface area contributed by atoms with Gasteiger partial charge in [-0.15, -0.1) is 0 Å². The Morgan fingerprint density at radius 1 is 1.00 bits per heavy atom. The van der Waals surface area contributed by atoms with Crippen molar-refractivity contribution in [2.75, 3.05) is 6.61 Å². The predicted octanol–water partition coefficient (Wildman–Crippen LogP) is 2.74. The van der Waals surface area contributed by atoms with Gasteiger partial charge >= 0.3 is 17.9 Å². The van der Waals surface area contributed by atoms with E-state index in [0.717, 1.165) is 24.6 Å². The van der Waals surface area contributed by atoms with Crippen LogP contribution in [0.1, 0.15) is 34.1 Å². The normalized spacial score (nSPS) is 11.0. The molecule has 0 aliphatic rings. The van der Waals surface area contributed by atoms with Gasteiger partial charge in [0.15, 0.2) is 0 Å². The third kappa shape index (κ3) is 11.9. The van der Waals surface area contributed by atoms with Crippen molar-refractivity contribution in [2.24, 2.45) is 0 Å². The summed E-state index contributed by atoms with van der Waals surface area (Å²) in [5.41, 5.74) is -0.899. The molecule has 0 saturated carbocycles. The first-order valence-electron chi connectivity index (χ1n) is 7.12. The summed E-state index contributed by atoms with van der Waals surface area (Å²) < 4.78 is 14.6. The summed E-state index contributed by atoms with van der Waals surface area (Å²) in [7, 11) is 0. The average molecular weight is 326 g/mol. The zero-order valence-electron chi connectivity index (χ0n) is 14.3. The summed E-state index contributed by atoms with van der Waals surface area (Å²) >= 11 is 0. The van der Waals surface area contributed by atoms with E-state index >= 15 is 0 Å². The third-order valence-corrected chi connectivity index (χ3v) is 2.58. The summed E-state index contributed by atoms with van der Waals surface area (Å²) in [5, 5.41) is 0. The highest BCUT2D eigenvalue weighted by Gasteiger charge is 2.32. The van der Waals surface area contributed by atoms with E-state index in [1.54, 1.807) is 20.8 Å². The molecule has 0 aromatic rings. The van der Waals surface area contributed by atoms with Crippen LogP contribution in [-0.4, -0.2) is 36.2 Å². The summed E-state index contributed by atoms with van der Waals surface area (Å²) in [6.45, 7) is 17.2. The molecule has 0 aromatic carbocycles. The Morgan fingerprint density at radius 2 is 1.48 bits per heavy atom. The number of carbonyl (C=O) groups excluding carboxylic acids is 3. The minimum atomic E-state index is -0.899. The Balaban J connectivity index is 0. The predicted molar refractivity (Wildman–Crippen MR) is 87.6 cm³/mol. The van der Waals surface area contributed by atoms with Gasteiger partial charge in [0.2, 0.25) is 0 Å². The lowest BCUT2D eigenvalue weighted by molar-refractivity contribution is -0.172. The zero-order chi connectivity index (χ0) is 18.5. The standard InChI is InChI=1S/C11H16O4.C6H10O2/c1-6-9(12)14-8(3)11(4,5)15-10(13)7-2;1-3-5-8-6(7)4-2/h6-8H,1-2H2,3-5H3;4H,2-3,5H2,1H3. The fourth-order valence-electron chi connectivity index (χ4n) is 1.01. The van der Waals surface area contributed by atoms with Gasteiger partial charge in [-0.1, -0.05) is 26.7 Å². The van der Waals surface area contributed by atoms with E-state index in [1.807, 2.05) is 6.92 Å². The van der Waals surface area contributed by atoms with Crippen molar-refractivity contribution < 1.29 is 28.6 Å². The first-order valence-corrected chi connectivity index (χ1v) is 7.12. The fraction of sp³-hybridized carbons (Fsp3) is 0.471. The van der Waals surface area contributed by atoms with E-state index < -0.39 is 23.6 Å². The first-order chi connectivity index (χ1) is 10.6. The maximum atomic E-state index is 11.0. The van der Waals surface area contributed by atoms with Crippen molar-refractivity contribution in [3.05, 3.63) is 38.0 Å². The summed E-state index contributed by atoms with van der Waals surface area (Å²) in [6, 6.07) is 0. The molecule has 1 atom stereocenters. The molecule has 0 fully saturated rings. The van der Waals surface area contributed by atoms with Crippen LogP contribution in [0.2, 0.25) is 0 Å². The van der Waals surface area contributed by atoms with E-state index in [2.05, 4.69) is 24.5 Å². The number of ether oxygens (including phenoxy) is 3. The molecular formula is C17H26O6. The van der Waals surface area contributed by atoms with Crippen LogP contribution in [-0.2, 0) is 28.6 Å². The molecule has 0 radical (unpaired) electrons. The van der Waals surface area contributed by atoms with Crippen LogP contribution in [0.4, 0.5) is 0 Å². The van der Waals surface area contributed by atoms with E-state index in [4.69, 9.17) is 9.47 Å². The van der Waals surface area contributed by atoms with E-state index in [-0.39, 0.29) is 5.97 Å². The lowest BCUT2D eigenvalue weighted by Gasteiger charge is -2.30. The highest BCUT2D eigenvalue weighted by Crippen LogP contribution is 2.18. The van der Waals surface area contributed by atoms with Gasteiger partial charge in [0.05, 0.1) is 6.61 Å². The van der Waals surface area contributed by atoms with Crippen LogP contribution in [0.3, 0.4) is 0 Å². The van der Waals surface area contributed by atoms with E-state index in [0.29, 0.717) is 6.61 Å². The molecule has 0 amide bonds. The lowest BCUT2D eigenvalue weighted by atomic mass is 10.0. The van der Waals surface area contributed by atoms with Gasteiger partial charge < -0.3 is 14.2 Å². The quantitative estimate of drug-likeness (QED) is 0.388. The van der Waals surface area contributed by atoms with Crippen LogP contribution in [0.25, 0.3) is 0 Å². The minimum Gasteiger partial charge on any atom is -0.463 e. The van der Waals surface area contributed by atoms with Crippen molar-refractivity contribution in [1.29, 1.82) is 0 Å². The molecule has 0 aromatic heterocycles. The van der Waals surface area contributed by atoms with E-state index in [9.17, 15) is 14.4 Å². The molecule has 0 spiro atoms. The molecule has 0 saturated heterocycles. The molecule has 0 N–H and O–H groups in total. The van der Waals surface area contributed by atoms with Crippen LogP contribution in [0.15, 0.2) is 38.0 Å². The van der Waals surface area contributed by atoms with Crippen LogP contribution >= 0.6 is 0 Å². The second kappa shape index (κ2) is 12.2. The van der Waals surface area contributed by atoms with Crippen LogP contribution in [0, 0.1) is 0 Å². The van der Waals surface area contributed by atoms with Crippen LogP contribution < -0.4 is 0 Å². The van der Waals surface area contributed by atoms with Crippen molar-refractivity contribution in [3.8, 4) is 0 Å². The Morgan fingerprint density at radius 3 is 1.87 bits per heavy atom. The van der Waals surface area contributed by atoms with Gasteiger partial charge in [0, 0.05) is 18.2 Å². The molecule has 6 nitrogen and oxygen atoms in total. The van der Waals surface area contributed by atoms with Gasteiger partial charge in [0.1, 0.15) is 11.7 Å². The second-order valence-corrected chi connectivity index (χ2v) is 4.88. The van der Waals surface area contributed by atoms with E-state index in [1.165, 1.54) is 0 Å². The molecule has 23 heavy (non-hydrogen) atoms. The molecule has 0 heterocycles. The fourth-order valence-corrected chi connectivity index (χ4v) is 1.01. The number of rotatable bonds is 8. The minimum absolute atomic E-state index is 0.341.